The fourth-order valence-electron chi connectivity index (χ4n) is 3.32. The summed E-state index contributed by atoms with van der Waals surface area (Å²) in [6.45, 7) is 3.76. The molecule has 29 heavy (non-hydrogen) atoms. The Balaban J connectivity index is 1.81. The van der Waals surface area contributed by atoms with Gasteiger partial charge in [-0.05, 0) is 55.9 Å². The number of carboxylic acid groups (broad SMARTS) is 1. The minimum atomic E-state index is -1.06. The summed E-state index contributed by atoms with van der Waals surface area (Å²) in [7, 11) is 0. The number of carbonyl (C=O) groups excluding carboxylic acids is 1. The third-order valence-corrected chi connectivity index (χ3v) is 5.66. The van der Waals surface area contributed by atoms with Gasteiger partial charge in [0.05, 0.1) is 6.26 Å². The fourth-order valence-corrected chi connectivity index (χ4v) is 3.80. The summed E-state index contributed by atoms with van der Waals surface area (Å²) in [6, 6.07) is 2.70. The zero-order chi connectivity index (χ0) is 21.1. The monoisotopic (exact) mass is 417 g/mol. The molecule has 7 nitrogen and oxygen atoms in total. The van der Waals surface area contributed by atoms with Gasteiger partial charge < -0.3 is 19.3 Å². The van der Waals surface area contributed by atoms with Gasteiger partial charge in [0, 0.05) is 28.8 Å². The number of thioether (sulfide) groups is 1. The van der Waals surface area contributed by atoms with Crippen molar-refractivity contribution >= 4 is 45.6 Å². The second-order valence-corrected chi connectivity index (χ2v) is 7.98. The van der Waals surface area contributed by atoms with Gasteiger partial charge in [0.1, 0.15) is 17.2 Å². The summed E-state index contributed by atoms with van der Waals surface area (Å²) >= 11 is 1.52. The van der Waals surface area contributed by atoms with E-state index in [9.17, 15) is 19.5 Å². The number of hydrogen-bond acceptors (Lipinski definition) is 6. The highest BCUT2D eigenvalue weighted by Gasteiger charge is 2.20. The van der Waals surface area contributed by atoms with Crippen LogP contribution < -0.4 is 10.9 Å². The first kappa shape index (κ1) is 21.0. The van der Waals surface area contributed by atoms with E-state index in [1.165, 1.54) is 11.8 Å². The second kappa shape index (κ2) is 8.73. The largest absolute Gasteiger partial charge is 0.480 e. The number of aryl methyl sites for hydroxylation is 2. The van der Waals surface area contributed by atoms with E-state index in [1.54, 1.807) is 12.3 Å². The number of carbonyl (C=O) groups is 2. The molecule has 0 saturated heterocycles. The highest BCUT2D eigenvalue weighted by atomic mass is 32.2. The molecule has 2 heterocycles. The summed E-state index contributed by atoms with van der Waals surface area (Å²) in [5.74, 6) is -0.834. The molecule has 0 aliphatic heterocycles. The lowest BCUT2D eigenvalue weighted by Crippen LogP contribution is -2.41. The second-order valence-electron chi connectivity index (χ2n) is 7.00. The quantitative estimate of drug-likeness (QED) is 0.541. The number of carboxylic acids is 1. The van der Waals surface area contributed by atoms with Crippen LogP contribution in [-0.4, -0.2) is 35.0 Å². The van der Waals surface area contributed by atoms with Crippen LogP contribution in [0, 0.1) is 13.8 Å². The van der Waals surface area contributed by atoms with Gasteiger partial charge in [-0.15, -0.1) is 0 Å². The summed E-state index contributed by atoms with van der Waals surface area (Å²) in [5.41, 5.74) is 2.74. The molecule has 0 spiro atoms. The van der Waals surface area contributed by atoms with E-state index < -0.39 is 23.5 Å². The van der Waals surface area contributed by atoms with Gasteiger partial charge >= 0.3 is 11.6 Å². The van der Waals surface area contributed by atoms with Crippen LogP contribution in [0.3, 0.4) is 0 Å². The van der Waals surface area contributed by atoms with Crippen LogP contribution in [0.4, 0.5) is 0 Å². The summed E-state index contributed by atoms with van der Waals surface area (Å²) in [4.78, 5) is 36.0. The van der Waals surface area contributed by atoms with Gasteiger partial charge in [0.25, 0.3) is 0 Å². The van der Waals surface area contributed by atoms with Crippen LogP contribution in [-0.2, 0) is 16.0 Å². The molecule has 2 aromatic heterocycles. The zero-order valence-electron chi connectivity index (χ0n) is 16.5. The normalized spacial score (nSPS) is 12.4. The average molecular weight is 417 g/mol. The van der Waals surface area contributed by atoms with Crippen molar-refractivity contribution in [2.24, 2.45) is 0 Å². The molecule has 1 aromatic carbocycles. The van der Waals surface area contributed by atoms with Gasteiger partial charge in [-0.1, -0.05) is 0 Å². The van der Waals surface area contributed by atoms with Gasteiger partial charge in [-0.3, -0.25) is 4.79 Å². The molecule has 0 aliphatic carbocycles. The molecule has 8 heteroatoms. The molecule has 1 atom stereocenters. The third-order valence-electron chi connectivity index (χ3n) is 5.02. The maximum absolute atomic E-state index is 12.5. The lowest BCUT2D eigenvalue weighted by molar-refractivity contribution is -0.141. The molecule has 1 amide bonds. The van der Waals surface area contributed by atoms with Crippen molar-refractivity contribution in [3.63, 3.8) is 0 Å². The van der Waals surface area contributed by atoms with Crippen molar-refractivity contribution in [3.8, 4) is 0 Å². The molecule has 3 rings (SSSR count). The first-order valence-corrected chi connectivity index (χ1v) is 10.7. The number of hydrogen-bond donors (Lipinski definition) is 2. The maximum atomic E-state index is 12.5. The Labute approximate surface area is 171 Å². The van der Waals surface area contributed by atoms with Gasteiger partial charge in [0.2, 0.25) is 5.91 Å². The van der Waals surface area contributed by atoms with Gasteiger partial charge in [-0.25, -0.2) is 9.59 Å². The Morgan fingerprint density at radius 1 is 1.21 bits per heavy atom. The van der Waals surface area contributed by atoms with Crippen molar-refractivity contribution < 1.29 is 23.5 Å². The Kier molecular flexibility index (Phi) is 6.32. The molecular weight excluding hydrogens is 394 g/mol. The maximum Gasteiger partial charge on any atom is 0.339 e. The number of rotatable bonds is 8. The molecular formula is C21H23NO6S. The standard InChI is InChI=1S/C21H23NO6S/c1-11-10-27-17-9-18-15(8-14(11)17)12(2)13(21(26)28-18)4-5-19(23)22-16(20(24)25)6-7-29-3/h8-10,16H,4-7H2,1-3H3,(H,22,23)(H,24,25)/t16-/m1/s1. The van der Waals surface area contributed by atoms with Crippen LogP contribution in [0.25, 0.3) is 21.9 Å². The fraction of sp³-hybridized carbons (Fsp3) is 0.381. The van der Waals surface area contributed by atoms with Gasteiger partial charge in [0.15, 0.2) is 0 Å². The predicted molar refractivity (Wildman–Crippen MR) is 113 cm³/mol. The molecule has 0 fully saturated rings. The first-order valence-electron chi connectivity index (χ1n) is 9.27. The Morgan fingerprint density at radius 3 is 2.66 bits per heavy atom. The van der Waals surface area contributed by atoms with Crippen LogP contribution in [0.1, 0.15) is 29.5 Å². The lowest BCUT2D eigenvalue weighted by atomic mass is 10.0. The Hall–Kier alpha value is -2.74. The van der Waals surface area contributed by atoms with E-state index in [4.69, 9.17) is 8.83 Å². The molecule has 0 unspecified atom stereocenters. The number of nitrogens with one attached hydrogen (secondary N) is 1. The molecule has 0 aliphatic rings. The smallest absolute Gasteiger partial charge is 0.339 e. The van der Waals surface area contributed by atoms with E-state index in [1.807, 2.05) is 26.2 Å². The van der Waals surface area contributed by atoms with Crippen molar-refractivity contribution in [2.75, 3.05) is 12.0 Å². The Morgan fingerprint density at radius 2 is 1.97 bits per heavy atom. The zero-order valence-corrected chi connectivity index (χ0v) is 17.4. The molecule has 154 valence electrons. The number of furan rings is 1. The molecule has 0 bridgehead atoms. The average Bonchev–Trinajstić information content (AvgIpc) is 3.03. The van der Waals surface area contributed by atoms with Crippen molar-refractivity contribution in [1.29, 1.82) is 0 Å². The number of aliphatic carboxylic acids is 1. The molecule has 0 radical (unpaired) electrons. The third kappa shape index (κ3) is 4.48. The van der Waals surface area contributed by atoms with Crippen LogP contribution >= 0.6 is 11.8 Å². The minimum Gasteiger partial charge on any atom is -0.480 e. The van der Waals surface area contributed by atoms with Crippen LogP contribution in [0.2, 0.25) is 0 Å². The summed E-state index contributed by atoms with van der Waals surface area (Å²) in [6.07, 6.45) is 4.05. The highest BCUT2D eigenvalue weighted by molar-refractivity contribution is 7.98. The van der Waals surface area contributed by atoms with E-state index in [-0.39, 0.29) is 12.8 Å². The number of benzene rings is 1. The van der Waals surface area contributed by atoms with E-state index in [2.05, 4.69) is 5.32 Å². The van der Waals surface area contributed by atoms with E-state index in [0.717, 1.165) is 21.9 Å². The first-order chi connectivity index (χ1) is 13.8. The highest BCUT2D eigenvalue weighted by Crippen LogP contribution is 2.29. The SMILES string of the molecule is CSCC[C@@H](NC(=O)CCc1c(C)c2cc3c(C)coc3cc2oc1=O)C(=O)O. The number of fused-ring (bicyclic) bond motifs is 2. The van der Waals surface area contributed by atoms with E-state index >= 15 is 0 Å². The molecule has 0 saturated carbocycles. The predicted octanol–water partition coefficient (Wildman–Crippen LogP) is 3.41. The topological polar surface area (TPSA) is 110 Å². The Bertz CT molecular complexity index is 1130. The van der Waals surface area contributed by atoms with E-state index in [0.29, 0.717) is 28.9 Å². The number of amides is 1. The molecule has 3 aromatic rings. The van der Waals surface area contributed by atoms with Crippen molar-refractivity contribution in [1.82, 2.24) is 5.32 Å². The van der Waals surface area contributed by atoms with Crippen molar-refractivity contribution in [2.45, 2.75) is 39.2 Å². The van der Waals surface area contributed by atoms with Gasteiger partial charge in [-0.2, -0.15) is 11.8 Å². The summed E-state index contributed by atoms with van der Waals surface area (Å²) < 4.78 is 10.9. The summed E-state index contributed by atoms with van der Waals surface area (Å²) in [5, 5.41) is 13.5. The van der Waals surface area contributed by atoms with Crippen LogP contribution in [0.15, 0.2) is 32.0 Å². The van der Waals surface area contributed by atoms with Crippen molar-refractivity contribution in [3.05, 3.63) is 45.5 Å². The minimum absolute atomic E-state index is 0.00708. The molecule has 2 N–H and O–H groups in total. The lowest BCUT2D eigenvalue weighted by Gasteiger charge is -2.14. The van der Waals surface area contributed by atoms with Crippen LogP contribution in [0.5, 0.6) is 0 Å².